The summed E-state index contributed by atoms with van der Waals surface area (Å²) in [5, 5.41) is 0. The van der Waals surface area contributed by atoms with Gasteiger partial charge in [-0.2, -0.15) is 0 Å². The van der Waals surface area contributed by atoms with Gasteiger partial charge in [-0.1, -0.05) is 40.8 Å². The van der Waals surface area contributed by atoms with Crippen LogP contribution >= 0.6 is 8.20 Å². The Balaban J connectivity index is 1.38. The SMILES string of the molecule is C=PCOc1ccc(-c2nc(CCOc3ccc4c(c3)CCC4CCC)c(CC)o2)cc1. The number of ether oxygens (including phenoxy) is 2. The predicted molar refractivity (Wildman–Crippen MR) is 132 cm³/mol. The van der Waals surface area contributed by atoms with E-state index >= 15 is 0 Å². The smallest absolute Gasteiger partial charge is 0.226 e. The van der Waals surface area contributed by atoms with Gasteiger partial charge in [0.15, 0.2) is 0 Å². The van der Waals surface area contributed by atoms with E-state index in [0.717, 1.165) is 55.5 Å². The molecule has 2 aromatic carbocycles. The van der Waals surface area contributed by atoms with Crippen LogP contribution in [-0.2, 0) is 19.3 Å². The van der Waals surface area contributed by atoms with Crippen LogP contribution < -0.4 is 9.47 Å². The van der Waals surface area contributed by atoms with Gasteiger partial charge in [0.1, 0.15) is 23.6 Å². The van der Waals surface area contributed by atoms with Crippen LogP contribution in [0.25, 0.3) is 11.5 Å². The largest absolute Gasteiger partial charge is 0.493 e. The van der Waals surface area contributed by atoms with Crippen LogP contribution in [0.2, 0.25) is 0 Å². The number of fused-ring (bicyclic) bond motifs is 1. The number of aromatic nitrogens is 1. The third-order valence-corrected chi connectivity index (χ3v) is 6.40. The lowest BCUT2D eigenvalue weighted by atomic mass is 9.97. The fourth-order valence-corrected chi connectivity index (χ4v) is 4.72. The van der Waals surface area contributed by atoms with Crippen molar-refractivity contribution in [1.29, 1.82) is 0 Å². The maximum absolute atomic E-state index is 6.09. The van der Waals surface area contributed by atoms with Gasteiger partial charge in [-0.05, 0) is 72.7 Å². The molecule has 1 aromatic heterocycles. The van der Waals surface area contributed by atoms with E-state index in [1.54, 1.807) is 0 Å². The second-order valence-electron chi connectivity index (χ2n) is 8.25. The molecular formula is C27H32NO3P. The Labute approximate surface area is 192 Å². The predicted octanol–water partition coefficient (Wildman–Crippen LogP) is 7.07. The molecule has 32 heavy (non-hydrogen) atoms. The maximum atomic E-state index is 6.09. The van der Waals surface area contributed by atoms with E-state index in [-0.39, 0.29) is 0 Å². The van der Waals surface area contributed by atoms with E-state index in [1.807, 2.05) is 24.3 Å². The van der Waals surface area contributed by atoms with Gasteiger partial charge in [-0.3, -0.25) is 0 Å². The van der Waals surface area contributed by atoms with Crippen LogP contribution in [0, 0.1) is 0 Å². The molecule has 0 radical (unpaired) electrons. The summed E-state index contributed by atoms with van der Waals surface area (Å²) in [5.74, 6) is 4.10. The Hall–Kier alpha value is -2.58. The van der Waals surface area contributed by atoms with E-state index in [9.17, 15) is 0 Å². The topological polar surface area (TPSA) is 44.5 Å². The second kappa shape index (κ2) is 10.8. The first-order valence-corrected chi connectivity index (χ1v) is 12.9. The number of hydrogen-bond acceptors (Lipinski definition) is 4. The zero-order valence-corrected chi connectivity index (χ0v) is 20.0. The normalized spacial score (nSPS) is 15.1. The molecule has 0 saturated heterocycles. The average Bonchev–Trinajstić information content (AvgIpc) is 3.42. The summed E-state index contributed by atoms with van der Waals surface area (Å²) in [7, 11) is 0.966. The van der Waals surface area contributed by atoms with E-state index in [1.165, 1.54) is 36.8 Å². The van der Waals surface area contributed by atoms with Gasteiger partial charge < -0.3 is 13.9 Å². The van der Waals surface area contributed by atoms with Gasteiger partial charge in [-0.25, -0.2) is 4.98 Å². The molecule has 1 atom stereocenters. The first-order chi connectivity index (χ1) is 15.7. The highest BCUT2D eigenvalue weighted by Crippen LogP contribution is 2.38. The van der Waals surface area contributed by atoms with Gasteiger partial charge in [0.05, 0.1) is 12.3 Å². The summed E-state index contributed by atoms with van der Waals surface area (Å²) in [6.07, 6.45) is 10.9. The third kappa shape index (κ3) is 5.24. The molecule has 4 nitrogen and oxygen atoms in total. The number of hydrogen-bond donors (Lipinski definition) is 0. The monoisotopic (exact) mass is 449 g/mol. The Morgan fingerprint density at radius 1 is 1.09 bits per heavy atom. The fourth-order valence-electron chi connectivity index (χ4n) is 4.48. The zero-order chi connectivity index (χ0) is 22.3. The molecule has 0 spiro atoms. The minimum atomic E-state index is 0.589. The lowest BCUT2D eigenvalue weighted by molar-refractivity contribution is 0.319. The highest BCUT2D eigenvalue weighted by molar-refractivity contribution is 7.36. The van der Waals surface area contributed by atoms with Crippen LogP contribution in [0.5, 0.6) is 11.5 Å². The number of oxazole rings is 1. The van der Waals surface area contributed by atoms with E-state index in [2.05, 4.69) is 38.3 Å². The van der Waals surface area contributed by atoms with E-state index in [0.29, 0.717) is 18.8 Å². The summed E-state index contributed by atoms with van der Waals surface area (Å²) in [6, 6.07) is 14.5. The van der Waals surface area contributed by atoms with Crippen molar-refractivity contribution in [3.8, 4) is 23.0 Å². The highest BCUT2D eigenvalue weighted by Gasteiger charge is 2.22. The van der Waals surface area contributed by atoms with Crippen LogP contribution in [-0.4, -0.2) is 24.2 Å². The molecule has 0 N–H and O–H groups in total. The average molecular weight is 450 g/mol. The molecule has 1 unspecified atom stereocenters. The number of rotatable bonds is 11. The highest BCUT2D eigenvalue weighted by atomic mass is 31.1. The first-order valence-electron chi connectivity index (χ1n) is 11.6. The van der Waals surface area contributed by atoms with Gasteiger partial charge in [0, 0.05) is 18.4 Å². The lowest BCUT2D eigenvalue weighted by Crippen LogP contribution is -2.04. The second-order valence-corrected chi connectivity index (χ2v) is 8.95. The van der Waals surface area contributed by atoms with Crippen molar-refractivity contribution < 1.29 is 13.9 Å². The molecule has 0 amide bonds. The molecule has 5 heteroatoms. The molecule has 1 aliphatic carbocycles. The summed E-state index contributed by atoms with van der Waals surface area (Å²) in [5.41, 5.74) is 4.91. The third-order valence-electron chi connectivity index (χ3n) is 6.08. The van der Waals surface area contributed by atoms with Crippen LogP contribution in [0.1, 0.15) is 61.6 Å². The van der Waals surface area contributed by atoms with Crippen molar-refractivity contribution in [1.82, 2.24) is 4.98 Å². The number of aryl methyl sites for hydroxylation is 2. The lowest BCUT2D eigenvalue weighted by Gasteiger charge is -2.11. The molecule has 0 aliphatic heterocycles. The Bertz CT molecular complexity index is 1040. The Kier molecular flexibility index (Phi) is 7.65. The van der Waals surface area contributed by atoms with Gasteiger partial charge in [0.25, 0.3) is 0 Å². The van der Waals surface area contributed by atoms with Crippen molar-refractivity contribution in [2.24, 2.45) is 0 Å². The summed E-state index contributed by atoms with van der Waals surface area (Å²) < 4.78 is 17.7. The summed E-state index contributed by atoms with van der Waals surface area (Å²) >= 11 is 0. The standard InChI is InChI=1S/C27H32NO3P/c1-4-6-19-7-8-21-17-23(13-14-24(19)21)29-16-15-25-26(5-2)31-27(28-25)20-9-11-22(12-10-20)30-18-32-3/h9-14,17,19H,3-8,15-16,18H2,1-2H3. The molecule has 0 fully saturated rings. The molecule has 0 saturated carbocycles. The molecule has 3 aromatic rings. The maximum Gasteiger partial charge on any atom is 0.226 e. The first kappa shape index (κ1) is 22.6. The van der Waals surface area contributed by atoms with Crippen LogP contribution in [0.15, 0.2) is 46.9 Å². The molecule has 0 bridgehead atoms. The van der Waals surface area contributed by atoms with Crippen molar-refractivity contribution in [2.75, 3.05) is 13.0 Å². The summed E-state index contributed by atoms with van der Waals surface area (Å²) in [4.78, 5) is 4.76. The summed E-state index contributed by atoms with van der Waals surface area (Å²) in [6.45, 7) is 4.95. The van der Waals surface area contributed by atoms with Crippen molar-refractivity contribution in [2.45, 2.75) is 58.3 Å². The van der Waals surface area contributed by atoms with Gasteiger partial charge >= 0.3 is 0 Å². The Morgan fingerprint density at radius 2 is 1.91 bits per heavy atom. The number of nitrogens with zero attached hydrogens (tertiary/aromatic N) is 1. The van der Waals surface area contributed by atoms with Crippen LogP contribution in [0.3, 0.4) is 0 Å². The zero-order valence-electron chi connectivity index (χ0n) is 19.1. The van der Waals surface area contributed by atoms with Crippen molar-refractivity contribution in [3.63, 3.8) is 0 Å². The molecule has 1 heterocycles. The van der Waals surface area contributed by atoms with Crippen LogP contribution in [0.4, 0.5) is 0 Å². The van der Waals surface area contributed by atoms with Gasteiger partial charge in [0.2, 0.25) is 5.89 Å². The molecule has 168 valence electrons. The fraction of sp³-hybridized carbons (Fsp3) is 0.407. The minimum absolute atomic E-state index is 0.589. The van der Waals surface area contributed by atoms with Crippen molar-refractivity contribution >= 4 is 14.5 Å². The molecule has 4 rings (SSSR count). The molecule has 1 aliphatic rings. The minimum Gasteiger partial charge on any atom is -0.493 e. The van der Waals surface area contributed by atoms with Gasteiger partial charge in [-0.15, -0.1) is 0 Å². The van der Waals surface area contributed by atoms with E-state index < -0.39 is 0 Å². The molecular weight excluding hydrogens is 417 g/mol. The number of benzene rings is 2. The quantitative estimate of drug-likeness (QED) is 0.294. The Morgan fingerprint density at radius 3 is 2.66 bits per heavy atom. The van der Waals surface area contributed by atoms with E-state index in [4.69, 9.17) is 18.9 Å². The van der Waals surface area contributed by atoms with Crippen molar-refractivity contribution in [3.05, 3.63) is 65.0 Å².